The normalized spacial score (nSPS) is 12.0. The third-order valence-corrected chi connectivity index (χ3v) is 5.30. The number of carboxylic acids is 1. The molecule has 0 heterocycles. The minimum atomic E-state index is -1.40. The van der Waals surface area contributed by atoms with Gasteiger partial charge in [0.15, 0.2) is 0 Å². The molecule has 0 bridgehead atoms. The van der Waals surface area contributed by atoms with E-state index in [-0.39, 0.29) is 0 Å². The number of Topliss-reactive ketones (excluding diaryl/α,β-unsaturated/α-hetero) is 1. The van der Waals surface area contributed by atoms with E-state index < -0.39 is 17.9 Å². The van der Waals surface area contributed by atoms with Crippen LogP contribution >= 0.6 is 0 Å². The maximum absolute atomic E-state index is 12.3. The molecule has 1 N–H and O–H groups in total. The second-order valence-electron chi connectivity index (χ2n) is 7.92. The van der Waals surface area contributed by atoms with Crippen molar-refractivity contribution in [2.45, 2.75) is 103 Å². The van der Waals surface area contributed by atoms with Gasteiger partial charge >= 0.3 is 5.97 Å². The molecule has 4 nitrogen and oxygen atoms in total. The van der Waals surface area contributed by atoms with Crippen LogP contribution in [0.25, 0.3) is 0 Å². The van der Waals surface area contributed by atoms with Crippen molar-refractivity contribution >= 4 is 11.8 Å². The summed E-state index contributed by atoms with van der Waals surface area (Å²) in [5.74, 6) is -1.70. The number of hydrogen-bond acceptors (Lipinski definition) is 3. The fraction of sp³-hybridized carbons (Fsp3) is 0.680. The minimum absolute atomic E-state index is 0.313. The van der Waals surface area contributed by atoms with Crippen LogP contribution < -0.4 is 0 Å². The fourth-order valence-corrected chi connectivity index (χ4v) is 3.51. The smallest absolute Gasteiger partial charge is 0.341 e. The Morgan fingerprint density at radius 3 is 1.66 bits per heavy atom. The Hall–Kier alpha value is -1.68. The van der Waals surface area contributed by atoms with Crippen LogP contribution in [0.2, 0.25) is 0 Å². The summed E-state index contributed by atoms with van der Waals surface area (Å²) in [6.07, 6.45) is 16.4. The summed E-state index contributed by atoms with van der Waals surface area (Å²) < 4.78 is 5.38. The first-order chi connectivity index (χ1) is 14.2. The van der Waals surface area contributed by atoms with E-state index in [0.717, 1.165) is 19.3 Å². The average Bonchev–Trinajstić information content (AvgIpc) is 2.73. The topological polar surface area (TPSA) is 63.6 Å². The zero-order chi connectivity index (χ0) is 21.2. The van der Waals surface area contributed by atoms with Crippen molar-refractivity contribution in [2.24, 2.45) is 0 Å². The van der Waals surface area contributed by atoms with E-state index in [2.05, 4.69) is 6.92 Å². The van der Waals surface area contributed by atoms with E-state index >= 15 is 0 Å². The second-order valence-corrected chi connectivity index (χ2v) is 7.92. The van der Waals surface area contributed by atoms with Crippen LogP contribution in [0.15, 0.2) is 30.3 Å². The second kappa shape index (κ2) is 17.2. The number of carboxylic acid groups (broad SMARTS) is 1. The van der Waals surface area contributed by atoms with Gasteiger partial charge in [0, 0.05) is 12.2 Å². The number of ether oxygens (including phenoxy) is 1. The van der Waals surface area contributed by atoms with Crippen LogP contribution in [0.4, 0.5) is 0 Å². The van der Waals surface area contributed by atoms with Crippen LogP contribution in [-0.2, 0) is 9.53 Å². The van der Waals surface area contributed by atoms with Gasteiger partial charge < -0.3 is 9.84 Å². The first kappa shape index (κ1) is 25.4. The number of hydrogen-bond donors (Lipinski definition) is 1. The lowest BCUT2D eigenvalue weighted by atomic mass is 10.0. The molecule has 0 radical (unpaired) electrons. The Bertz CT molecular complexity index is 541. The monoisotopic (exact) mass is 404 g/mol. The Balaban J connectivity index is 1.99. The highest BCUT2D eigenvalue weighted by molar-refractivity contribution is 6.10. The van der Waals surface area contributed by atoms with Gasteiger partial charge in [0.05, 0.1) is 0 Å². The zero-order valence-electron chi connectivity index (χ0n) is 18.2. The van der Waals surface area contributed by atoms with Gasteiger partial charge in [-0.25, -0.2) is 4.79 Å². The molecule has 0 spiro atoms. The summed E-state index contributed by atoms with van der Waals surface area (Å²) in [6.45, 7) is 2.57. The molecule has 1 aromatic carbocycles. The molecule has 29 heavy (non-hydrogen) atoms. The van der Waals surface area contributed by atoms with Gasteiger partial charge in [0.25, 0.3) is 0 Å². The van der Waals surface area contributed by atoms with Crippen LogP contribution in [0, 0.1) is 0 Å². The summed E-state index contributed by atoms with van der Waals surface area (Å²) in [6, 6.07) is 8.48. The summed E-state index contributed by atoms with van der Waals surface area (Å²) in [7, 11) is 0. The summed E-state index contributed by atoms with van der Waals surface area (Å²) in [5, 5.41) is 9.27. The third-order valence-electron chi connectivity index (χ3n) is 5.30. The lowest BCUT2D eigenvalue weighted by Crippen LogP contribution is -2.33. The summed E-state index contributed by atoms with van der Waals surface area (Å²) in [4.78, 5) is 23.6. The predicted octanol–water partition coefficient (Wildman–Crippen LogP) is 6.82. The molecule has 164 valence electrons. The average molecular weight is 405 g/mol. The number of carbonyl (C=O) groups excluding carboxylic acids is 1. The van der Waals surface area contributed by atoms with E-state index in [9.17, 15) is 14.7 Å². The fourth-order valence-electron chi connectivity index (χ4n) is 3.51. The molecule has 0 amide bonds. The molecule has 0 fully saturated rings. The van der Waals surface area contributed by atoms with Gasteiger partial charge in [0.2, 0.25) is 11.9 Å². The van der Waals surface area contributed by atoms with Crippen molar-refractivity contribution in [3.63, 3.8) is 0 Å². The first-order valence-electron chi connectivity index (χ1n) is 11.6. The molecule has 0 saturated heterocycles. The molecular weight excluding hydrogens is 364 g/mol. The van der Waals surface area contributed by atoms with Crippen molar-refractivity contribution in [2.75, 3.05) is 6.61 Å². The summed E-state index contributed by atoms with van der Waals surface area (Å²) in [5.41, 5.74) is 0.376. The van der Waals surface area contributed by atoms with Crippen LogP contribution in [-0.4, -0.2) is 29.6 Å². The van der Waals surface area contributed by atoms with E-state index in [1.807, 2.05) is 0 Å². The molecule has 1 unspecified atom stereocenters. The largest absolute Gasteiger partial charge is 0.479 e. The molecule has 1 aromatic rings. The maximum Gasteiger partial charge on any atom is 0.341 e. The van der Waals surface area contributed by atoms with Crippen LogP contribution in [0.5, 0.6) is 0 Å². The Morgan fingerprint density at radius 1 is 0.759 bits per heavy atom. The standard InChI is InChI=1S/C25H40O4/c1-2-3-4-5-6-7-8-9-10-11-12-13-14-18-21-29-24(25(27)28)23(26)22-19-16-15-17-20-22/h15-17,19-20,24H,2-14,18,21H2,1H3,(H,27,28). The van der Waals surface area contributed by atoms with Crippen LogP contribution in [0.3, 0.4) is 0 Å². The molecule has 0 saturated carbocycles. The zero-order valence-corrected chi connectivity index (χ0v) is 18.2. The number of unbranched alkanes of at least 4 members (excludes halogenated alkanes) is 13. The highest BCUT2D eigenvalue weighted by Crippen LogP contribution is 2.13. The van der Waals surface area contributed by atoms with E-state index in [1.165, 1.54) is 70.6 Å². The minimum Gasteiger partial charge on any atom is -0.479 e. The molecule has 1 atom stereocenters. The molecule has 0 aliphatic heterocycles. The molecule has 0 aliphatic rings. The molecule has 1 rings (SSSR count). The lowest BCUT2D eigenvalue weighted by molar-refractivity contribution is -0.147. The lowest BCUT2D eigenvalue weighted by Gasteiger charge is -2.12. The van der Waals surface area contributed by atoms with E-state index in [0.29, 0.717) is 12.2 Å². The Morgan fingerprint density at radius 2 is 1.21 bits per heavy atom. The SMILES string of the molecule is CCCCCCCCCCCCCCCCOC(C(=O)O)C(=O)c1ccccc1. The van der Waals surface area contributed by atoms with Crippen molar-refractivity contribution in [3.05, 3.63) is 35.9 Å². The van der Waals surface area contributed by atoms with E-state index in [4.69, 9.17) is 4.74 Å². The molecule has 0 aromatic heterocycles. The number of benzene rings is 1. The number of aliphatic carboxylic acids is 1. The number of carbonyl (C=O) groups is 2. The van der Waals surface area contributed by atoms with Crippen LogP contribution in [0.1, 0.15) is 107 Å². The summed E-state index contributed by atoms with van der Waals surface area (Å²) >= 11 is 0. The molecular formula is C25H40O4. The van der Waals surface area contributed by atoms with Crippen molar-refractivity contribution in [1.29, 1.82) is 0 Å². The maximum atomic E-state index is 12.3. The first-order valence-corrected chi connectivity index (χ1v) is 11.6. The molecule has 0 aliphatic carbocycles. The van der Waals surface area contributed by atoms with Gasteiger partial charge in [0.1, 0.15) is 0 Å². The number of ketones is 1. The highest BCUT2D eigenvalue weighted by Gasteiger charge is 2.27. The van der Waals surface area contributed by atoms with Gasteiger partial charge in [-0.2, -0.15) is 0 Å². The van der Waals surface area contributed by atoms with Crippen molar-refractivity contribution in [1.82, 2.24) is 0 Å². The molecule has 4 heteroatoms. The van der Waals surface area contributed by atoms with Gasteiger partial charge in [-0.05, 0) is 6.42 Å². The van der Waals surface area contributed by atoms with E-state index in [1.54, 1.807) is 30.3 Å². The third kappa shape index (κ3) is 12.5. The van der Waals surface area contributed by atoms with Gasteiger partial charge in [-0.1, -0.05) is 121 Å². The van der Waals surface area contributed by atoms with Crippen molar-refractivity contribution < 1.29 is 19.4 Å². The number of rotatable bonds is 19. The predicted molar refractivity (Wildman–Crippen MR) is 118 cm³/mol. The Labute approximate surface area is 177 Å². The van der Waals surface area contributed by atoms with Crippen molar-refractivity contribution in [3.8, 4) is 0 Å². The Kier molecular flexibility index (Phi) is 15.0. The van der Waals surface area contributed by atoms with Gasteiger partial charge in [-0.15, -0.1) is 0 Å². The van der Waals surface area contributed by atoms with Gasteiger partial charge in [-0.3, -0.25) is 4.79 Å². The quantitative estimate of drug-likeness (QED) is 0.156. The highest BCUT2D eigenvalue weighted by atomic mass is 16.5.